The lowest BCUT2D eigenvalue weighted by atomic mass is 9.74. The van der Waals surface area contributed by atoms with Crippen molar-refractivity contribution >= 4 is 5.95 Å². The maximum absolute atomic E-state index is 9.59. The average Bonchev–Trinajstić information content (AvgIpc) is 2.37. The molecule has 1 atom stereocenters. The minimum atomic E-state index is -0.170. The number of aliphatic hydroxyl groups excluding tert-OH is 1. The van der Waals surface area contributed by atoms with Gasteiger partial charge in [-0.3, -0.25) is 0 Å². The molecule has 3 N–H and O–H groups in total. The predicted molar refractivity (Wildman–Crippen MR) is 78.5 cm³/mol. The van der Waals surface area contributed by atoms with E-state index in [4.69, 9.17) is 10.7 Å². The lowest BCUT2D eigenvalue weighted by Crippen LogP contribution is -2.38. The second kappa shape index (κ2) is 4.97. The Morgan fingerprint density at radius 3 is 2.75 bits per heavy atom. The molecular formula is C15H24N4O. The van der Waals surface area contributed by atoms with Crippen LogP contribution in [0.3, 0.4) is 0 Å². The first-order valence-corrected chi connectivity index (χ1v) is 7.49. The molecule has 1 aromatic rings. The van der Waals surface area contributed by atoms with Crippen LogP contribution in [0, 0.1) is 5.41 Å². The van der Waals surface area contributed by atoms with Crippen LogP contribution in [0.25, 0.3) is 0 Å². The van der Waals surface area contributed by atoms with Crippen molar-refractivity contribution in [3.8, 4) is 0 Å². The second-order valence-corrected chi connectivity index (χ2v) is 6.94. The Balaban J connectivity index is 1.85. The molecule has 0 amide bonds. The van der Waals surface area contributed by atoms with Crippen molar-refractivity contribution in [3.05, 3.63) is 17.5 Å². The first kappa shape index (κ1) is 13.8. The fraction of sp³-hybridized carbons (Fsp3) is 0.733. The van der Waals surface area contributed by atoms with Crippen LogP contribution in [-0.2, 0) is 6.42 Å². The van der Waals surface area contributed by atoms with Crippen LogP contribution in [0.5, 0.6) is 0 Å². The summed E-state index contributed by atoms with van der Waals surface area (Å²) in [6.45, 7) is 6.15. The number of aliphatic hydroxyl groups is 1. The molecule has 2 aliphatic rings. The highest BCUT2D eigenvalue weighted by molar-refractivity contribution is 5.36. The van der Waals surface area contributed by atoms with Crippen molar-refractivity contribution in [3.63, 3.8) is 0 Å². The molecule has 0 radical (unpaired) electrons. The fourth-order valence-corrected chi connectivity index (χ4v) is 3.32. The minimum Gasteiger partial charge on any atom is -0.393 e. The Bertz CT molecular complexity index is 495. The van der Waals surface area contributed by atoms with E-state index in [-0.39, 0.29) is 17.6 Å². The molecule has 5 heteroatoms. The molecule has 1 aromatic heterocycles. The third-order valence-electron chi connectivity index (χ3n) is 4.45. The minimum absolute atomic E-state index is 0.0472. The highest BCUT2D eigenvalue weighted by Crippen LogP contribution is 2.38. The van der Waals surface area contributed by atoms with Gasteiger partial charge in [-0.2, -0.15) is 0 Å². The van der Waals surface area contributed by atoms with Gasteiger partial charge in [-0.05, 0) is 31.1 Å². The number of fused-ring (bicyclic) bond motifs is 1. The summed E-state index contributed by atoms with van der Waals surface area (Å²) in [6.07, 6.45) is 5.27. The van der Waals surface area contributed by atoms with Crippen molar-refractivity contribution in [2.75, 3.05) is 18.0 Å². The van der Waals surface area contributed by atoms with Crippen molar-refractivity contribution in [2.24, 2.45) is 11.1 Å². The number of rotatable bonds is 1. The Morgan fingerprint density at radius 2 is 2.05 bits per heavy atom. The second-order valence-electron chi connectivity index (χ2n) is 6.94. The molecular weight excluding hydrogens is 252 g/mol. The van der Waals surface area contributed by atoms with Gasteiger partial charge in [0.25, 0.3) is 0 Å². The summed E-state index contributed by atoms with van der Waals surface area (Å²) in [7, 11) is 0. The molecule has 0 spiro atoms. The molecule has 3 rings (SSSR count). The lowest BCUT2D eigenvalue weighted by molar-refractivity contribution is 0.145. The molecule has 5 nitrogen and oxygen atoms in total. The molecule has 0 aromatic carbocycles. The van der Waals surface area contributed by atoms with Crippen LogP contribution in [0.4, 0.5) is 5.95 Å². The zero-order valence-corrected chi connectivity index (χ0v) is 12.3. The summed E-state index contributed by atoms with van der Waals surface area (Å²) < 4.78 is 0. The number of nitrogens with zero attached hydrogens (tertiary/aromatic N) is 3. The van der Waals surface area contributed by atoms with Gasteiger partial charge < -0.3 is 15.7 Å². The van der Waals surface area contributed by atoms with Crippen LogP contribution in [0.15, 0.2) is 6.20 Å². The molecule has 1 unspecified atom stereocenters. The molecule has 0 saturated carbocycles. The maximum atomic E-state index is 9.59. The monoisotopic (exact) mass is 276 g/mol. The van der Waals surface area contributed by atoms with E-state index in [9.17, 15) is 5.11 Å². The molecule has 0 bridgehead atoms. The summed E-state index contributed by atoms with van der Waals surface area (Å²) in [5, 5.41) is 9.59. The summed E-state index contributed by atoms with van der Waals surface area (Å²) >= 11 is 0. The van der Waals surface area contributed by atoms with Gasteiger partial charge in [0.2, 0.25) is 5.95 Å². The Morgan fingerprint density at radius 1 is 1.35 bits per heavy atom. The molecule has 1 saturated heterocycles. The molecule has 20 heavy (non-hydrogen) atoms. The number of anilines is 1. The molecule has 110 valence electrons. The first-order chi connectivity index (χ1) is 9.44. The summed E-state index contributed by atoms with van der Waals surface area (Å²) in [4.78, 5) is 11.4. The smallest absolute Gasteiger partial charge is 0.225 e. The Hall–Kier alpha value is -1.20. The van der Waals surface area contributed by atoms with Crippen LogP contribution < -0.4 is 10.6 Å². The SMILES string of the molecule is CC1(C)Cc2nc(N3CCC(O)CC3)ncc2C(N)C1. The number of aromatic nitrogens is 2. The zero-order valence-electron chi connectivity index (χ0n) is 12.3. The quantitative estimate of drug-likeness (QED) is 0.811. The zero-order chi connectivity index (χ0) is 14.3. The van der Waals surface area contributed by atoms with E-state index in [0.29, 0.717) is 0 Å². The van der Waals surface area contributed by atoms with Crippen molar-refractivity contribution in [2.45, 2.75) is 51.7 Å². The number of hydrogen-bond donors (Lipinski definition) is 2. The van der Waals surface area contributed by atoms with Gasteiger partial charge in [-0.1, -0.05) is 13.8 Å². The van der Waals surface area contributed by atoms with Gasteiger partial charge in [-0.15, -0.1) is 0 Å². The van der Waals surface area contributed by atoms with Crippen LogP contribution in [0.1, 0.15) is 50.4 Å². The van der Waals surface area contributed by atoms with E-state index in [2.05, 4.69) is 23.7 Å². The predicted octanol–water partition coefficient (Wildman–Crippen LogP) is 1.41. The van der Waals surface area contributed by atoms with Gasteiger partial charge >= 0.3 is 0 Å². The highest BCUT2D eigenvalue weighted by atomic mass is 16.3. The average molecular weight is 276 g/mol. The van der Waals surface area contributed by atoms with Crippen molar-refractivity contribution in [1.82, 2.24) is 9.97 Å². The van der Waals surface area contributed by atoms with Gasteiger partial charge in [0.1, 0.15) is 0 Å². The van der Waals surface area contributed by atoms with E-state index < -0.39 is 0 Å². The third-order valence-corrected chi connectivity index (χ3v) is 4.45. The number of hydrogen-bond acceptors (Lipinski definition) is 5. The highest BCUT2D eigenvalue weighted by Gasteiger charge is 2.32. The topological polar surface area (TPSA) is 75.3 Å². The van der Waals surface area contributed by atoms with Gasteiger partial charge in [0.15, 0.2) is 0 Å². The van der Waals surface area contributed by atoms with Crippen molar-refractivity contribution < 1.29 is 5.11 Å². The normalized spacial score (nSPS) is 26.4. The van der Waals surface area contributed by atoms with E-state index >= 15 is 0 Å². The summed E-state index contributed by atoms with van der Waals surface area (Å²) in [5.41, 5.74) is 8.65. The largest absolute Gasteiger partial charge is 0.393 e. The van der Waals surface area contributed by atoms with Gasteiger partial charge in [0, 0.05) is 30.9 Å². The molecule has 1 fully saturated rings. The van der Waals surface area contributed by atoms with E-state index in [1.165, 1.54) is 0 Å². The van der Waals surface area contributed by atoms with Gasteiger partial charge in [0.05, 0.1) is 11.8 Å². The van der Waals surface area contributed by atoms with Crippen molar-refractivity contribution in [1.29, 1.82) is 0 Å². The first-order valence-electron chi connectivity index (χ1n) is 7.49. The summed E-state index contributed by atoms with van der Waals surface area (Å²) in [5.74, 6) is 0.792. The maximum Gasteiger partial charge on any atom is 0.225 e. The van der Waals surface area contributed by atoms with E-state index in [1.807, 2.05) is 6.20 Å². The standard InChI is InChI=1S/C15H24N4O/c1-15(2)7-12(16)11-9-17-14(18-13(11)8-15)19-5-3-10(20)4-6-19/h9-10,12,20H,3-8,16H2,1-2H3. The van der Waals surface area contributed by atoms with Crippen LogP contribution in [-0.4, -0.2) is 34.3 Å². The van der Waals surface area contributed by atoms with E-state index in [1.54, 1.807) is 0 Å². The number of piperidine rings is 1. The third kappa shape index (κ3) is 2.65. The fourth-order valence-electron chi connectivity index (χ4n) is 3.32. The Labute approximate surface area is 120 Å². The van der Waals surface area contributed by atoms with Crippen LogP contribution >= 0.6 is 0 Å². The molecule has 2 heterocycles. The van der Waals surface area contributed by atoms with E-state index in [0.717, 1.165) is 56.0 Å². The summed E-state index contributed by atoms with van der Waals surface area (Å²) in [6, 6.07) is 0.0472. The lowest BCUT2D eigenvalue weighted by Gasteiger charge is -2.35. The van der Waals surface area contributed by atoms with Gasteiger partial charge in [-0.25, -0.2) is 9.97 Å². The number of nitrogens with two attached hydrogens (primary N) is 1. The van der Waals surface area contributed by atoms with Crippen LogP contribution in [0.2, 0.25) is 0 Å². The molecule has 1 aliphatic carbocycles. The molecule has 1 aliphatic heterocycles. The Kier molecular flexibility index (Phi) is 3.42.